The standard InChI is InChI=1S/C15H11ClIN3O/c16-9-1-3-13(11(17)7-9)20-15(21)14-6-8-5-10(18)2-4-12(8)19-14/h1-7,19H,18H2,(H,20,21). The fourth-order valence-electron chi connectivity index (χ4n) is 2.05. The highest BCUT2D eigenvalue weighted by Gasteiger charge is 2.11. The molecule has 3 aromatic rings. The molecule has 0 aliphatic rings. The zero-order valence-electron chi connectivity index (χ0n) is 10.8. The van der Waals surface area contributed by atoms with Gasteiger partial charge in [0.25, 0.3) is 5.91 Å². The number of nitrogens with two attached hydrogens (primary N) is 1. The molecule has 0 fully saturated rings. The second kappa shape index (κ2) is 5.57. The van der Waals surface area contributed by atoms with Crippen LogP contribution in [-0.4, -0.2) is 10.9 Å². The van der Waals surface area contributed by atoms with Gasteiger partial charge in [-0.3, -0.25) is 4.79 Å². The number of carbonyl (C=O) groups is 1. The van der Waals surface area contributed by atoms with Gasteiger partial charge in [-0.1, -0.05) is 11.6 Å². The van der Waals surface area contributed by atoms with E-state index < -0.39 is 0 Å². The third-order valence-corrected chi connectivity index (χ3v) is 4.20. The van der Waals surface area contributed by atoms with Gasteiger partial charge < -0.3 is 16.0 Å². The normalized spacial score (nSPS) is 10.8. The van der Waals surface area contributed by atoms with Gasteiger partial charge in [-0.15, -0.1) is 0 Å². The van der Waals surface area contributed by atoms with Crippen LogP contribution in [0.3, 0.4) is 0 Å². The van der Waals surface area contributed by atoms with Crippen molar-refractivity contribution in [1.82, 2.24) is 4.98 Å². The summed E-state index contributed by atoms with van der Waals surface area (Å²) in [4.78, 5) is 15.4. The van der Waals surface area contributed by atoms with Crippen molar-refractivity contribution in [2.45, 2.75) is 0 Å². The first-order valence-corrected chi connectivity index (χ1v) is 7.63. The lowest BCUT2D eigenvalue weighted by Crippen LogP contribution is -2.13. The number of amides is 1. The molecule has 0 bridgehead atoms. The van der Waals surface area contributed by atoms with E-state index in [1.807, 2.05) is 12.1 Å². The Morgan fingerprint density at radius 2 is 2.00 bits per heavy atom. The van der Waals surface area contributed by atoms with Crippen molar-refractivity contribution in [3.05, 3.63) is 56.8 Å². The maximum Gasteiger partial charge on any atom is 0.272 e. The van der Waals surface area contributed by atoms with E-state index in [1.54, 1.807) is 30.3 Å². The van der Waals surface area contributed by atoms with E-state index in [-0.39, 0.29) is 5.91 Å². The van der Waals surface area contributed by atoms with Crippen molar-refractivity contribution in [2.75, 3.05) is 11.1 Å². The van der Waals surface area contributed by atoms with Crippen LogP contribution in [0.2, 0.25) is 5.02 Å². The highest BCUT2D eigenvalue weighted by atomic mass is 127. The summed E-state index contributed by atoms with van der Waals surface area (Å²) in [5.74, 6) is -0.204. The number of H-pyrrole nitrogens is 1. The van der Waals surface area contributed by atoms with Crippen molar-refractivity contribution < 1.29 is 4.79 Å². The highest BCUT2D eigenvalue weighted by Crippen LogP contribution is 2.24. The molecule has 21 heavy (non-hydrogen) atoms. The number of carbonyl (C=O) groups excluding carboxylic acids is 1. The fourth-order valence-corrected chi connectivity index (χ4v) is 3.06. The summed E-state index contributed by atoms with van der Waals surface area (Å²) in [5.41, 5.74) is 8.49. The second-order valence-corrected chi connectivity index (χ2v) is 6.21. The topological polar surface area (TPSA) is 70.9 Å². The molecule has 0 spiro atoms. The van der Waals surface area contributed by atoms with Crippen molar-refractivity contribution in [3.8, 4) is 0 Å². The maximum atomic E-state index is 12.3. The number of fused-ring (bicyclic) bond motifs is 1. The van der Waals surface area contributed by atoms with Crippen LogP contribution in [0.5, 0.6) is 0 Å². The lowest BCUT2D eigenvalue weighted by molar-refractivity contribution is 0.102. The van der Waals surface area contributed by atoms with Crippen LogP contribution >= 0.6 is 34.2 Å². The largest absolute Gasteiger partial charge is 0.399 e. The van der Waals surface area contributed by atoms with Crippen LogP contribution in [0.1, 0.15) is 10.5 Å². The Balaban J connectivity index is 1.89. The Morgan fingerprint density at radius 1 is 1.19 bits per heavy atom. The summed E-state index contributed by atoms with van der Waals surface area (Å²) in [6.45, 7) is 0. The minimum atomic E-state index is -0.204. The molecule has 0 aliphatic heterocycles. The van der Waals surface area contributed by atoms with E-state index in [0.717, 1.165) is 20.2 Å². The Hall–Kier alpha value is -1.73. The van der Waals surface area contributed by atoms with Crippen LogP contribution in [0.25, 0.3) is 10.9 Å². The lowest BCUT2D eigenvalue weighted by Gasteiger charge is -2.06. The smallest absolute Gasteiger partial charge is 0.272 e. The molecule has 1 aromatic heterocycles. The van der Waals surface area contributed by atoms with Crippen molar-refractivity contribution in [3.63, 3.8) is 0 Å². The summed E-state index contributed by atoms with van der Waals surface area (Å²) in [6.07, 6.45) is 0. The Labute approximate surface area is 139 Å². The third kappa shape index (κ3) is 2.98. The van der Waals surface area contributed by atoms with Gasteiger partial charge >= 0.3 is 0 Å². The Morgan fingerprint density at radius 3 is 2.76 bits per heavy atom. The number of aromatic amines is 1. The quantitative estimate of drug-likeness (QED) is 0.435. The number of benzene rings is 2. The average molecular weight is 412 g/mol. The first-order chi connectivity index (χ1) is 10.0. The Bertz CT molecular complexity index is 844. The van der Waals surface area contributed by atoms with Gasteiger partial charge in [0.1, 0.15) is 5.69 Å². The van der Waals surface area contributed by atoms with Crippen molar-refractivity contribution in [2.24, 2.45) is 0 Å². The van der Waals surface area contributed by atoms with Crippen LogP contribution in [0.15, 0.2) is 42.5 Å². The molecule has 1 heterocycles. The molecule has 106 valence electrons. The number of rotatable bonds is 2. The molecule has 2 aromatic carbocycles. The molecule has 4 nitrogen and oxygen atoms in total. The van der Waals surface area contributed by atoms with Gasteiger partial charge in [-0.2, -0.15) is 0 Å². The van der Waals surface area contributed by atoms with Gasteiger partial charge in [0.2, 0.25) is 0 Å². The van der Waals surface area contributed by atoms with Gasteiger partial charge in [-0.25, -0.2) is 0 Å². The van der Waals surface area contributed by atoms with E-state index in [4.69, 9.17) is 17.3 Å². The molecule has 0 atom stereocenters. The minimum Gasteiger partial charge on any atom is -0.399 e. The summed E-state index contributed by atoms with van der Waals surface area (Å²) in [7, 11) is 0. The summed E-state index contributed by atoms with van der Waals surface area (Å²) >= 11 is 8.03. The van der Waals surface area contributed by atoms with Crippen LogP contribution in [-0.2, 0) is 0 Å². The predicted octanol–water partition coefficient (Wildman–Crippen LogP) is 4.26. The van der Waals surface area contributed by atoms with E-state index in [9.17, 15) is 4.79 Å². The van der Waals surface area contributed by atoms with E-state index in [1.165, 1.54) is 0 Å². The molecular formula is C15H11ClIN3O. The molecule has 6 heteroatoms. The number of aromatic nitrogens is 1. The molecule has 3 rings (SSSR count). The molecule has 4 N–H and O–H groups in total. The number of halogens is 2. The molecule has 0 saturated heterocycles. The van der Waals surface area contributed by atoms with Gasteiger partial charge in [0.15, 0.2) is 0 Å². The molecule has 0 aliphatic carbocycles. The number of nitrogen functional groups attached to an aromatic ring is 1. The summed E-state index contributed by atoms with van der Waals surface area (Å²) in [5, 5.41) is 4.41. The van der Waals surface area contributed by atoms with Crippen molar-refractivity contribution in [1.29, 1.82) is 0 Å². The number of anilines is 2. The van der Waals surface area contributed by atoms with E-state index in [2.05, 4.69) is 32.9 Å². The Kier molecular flexibility index (Phi) is 3.77. The first-order valence-electron chi connectivity index (χ1n) is 6.17. The van der Waals surface area contributed by atoms with Crippen LogP contribution < -0.4 is 11.1 Å². The molecule has 1 amide bonds. The highest BCUT2D eigenvalue weighted by molar-refractivity contribution is 14.1. The van der Waals surface area contributed by atoms with E-state index in [0.29, 0.717) is 16.4 Å². The van der Waals surface area contributed by atoms with Gasteiger partial charge in [0.05, 0.1) is 5.69 Å². The lowest BCUT2D eigenvalue weighted by atomic mass is 10.2. The summed E-state index contributed by atoms with van der Waals surface area (Å²) in [6, 6.07) is 12.6. The van der Waals surface area contributed by atoms with Crippen LogP contribution in [0.4, 0.5) is 11.4 Å². The first kappa shape index (κ1) is 14.2. The number of hydrogen-bond acceptors (Lipinski definition) is 2. The second-order valence-electron chi connectivity index (χ2n) is 4.61. The van der Waals surface area contributed by atoms with Crippen LogP contribution in [0, 0.1) is 3.57 Å². The summed E-state index contributed by atoms with van der Waals surface area (Å²) < 4.78 is 0.883. The third-order valence-electron chi connectivity index (χ3n) is 3.07. The van der Waals surface area contributed by atoms with E-state index >= 15 is 0 Å². The maximum absolute atomic E-state index is 12.3. The number of nitrogens with one attached hydrogen (secondary N) is 2. The molecule has 0 radical (unpaired) electrons. The van der Waals surface area contributed by atoms with Crippen molar-refractivity contribution >= 4 is 62.4 Å². The molecular weight excluding hydrogens is 401 g/mol. The monoisotopic (exact) mass is 411 g/mol. The zero-order chi connectivity index (χ0) is 15.0. The number of hydrogen-bond donors (Lipinski definition) is 3. The predicted molar refractivity (Wildman–Crippen MR) is 94.8 cm³/mol. The molecule has 0 saturated carbocycles. The zero-order valence-corrected chi connectivity index (χ0v) is 13.7. The SMILES string of the molecule is Nc1ccc2[nH]c(C(=O)Nc3ccc(Cl)cc3I)cc2c1. The average Bonchev–Trinajstić information content (AvgIpc) is 2.85. The minimum absolute atomic E-state index is 0.204. The fraction of sp³-hybridized carbons (Fsp3) is 0. The van der Waals surface area contributed by atoms with Gasteiger partial charge in [0, 0.05) is 25.2 Å². The molecule has 0 unspecified atom stereocenters. The van der Waals surface area contributed by atoms with Gasteiger partial charge in [-0.05, 0) is 65.1 Å².